The van der Waals surface area contributed by atoms with Crippen molar-refractivity contribution in [1.82, 2.24) is 0 Å². The Labute approximate surface area is 174 Å². The van der Waals surface area contributed by atoms with Crippen molar-refractivity contribution in [1.29, 1.82) is 0 Å². The van der Waals surface area contributed by atoms with E-state index in [0.29, 0.717) is 11.1 Å². The van der Waals surface area contributed by atoms with Gasteiger partial charge in [0.2, 0.25) is 5.78 Å². The Morgan fingerprint density at radius 2 is 1.83 bits per heavy atom. The molecule has 6 heteroatoms. The minimum atomic E-state index is -2.18. The van der Waals surface area contributed by atoms with E-state index in [0.717, 1.165) is 5.56 Å². The third kappa shape index (κ3) is 1.93. The maximum atomic E-state index is 13.7. The maximum Gasteiger partial charge on any atom is 0.279 e. The minimum Gasteiger partial charge on any atom is -0.504 e. The van der Waals surface area contributed by atoms with Crippen LogP contribution in [0.4, 0.5) is 0 Å². The van der Waals surface area contributed by atoms with E-state index in [-0.39, 0.29) is 34.9 Å². The molecular weight excluding hydrogens is 384 g/mol. The zero-order valence-corrected chi connectivity index (χ0v) is 17.3. The second-order valence-electron chi connectivity index (χ2n) is 8.89. The SMILES string of the molecule is COc1cc2c(c(C)c1O)C1(C)C3C(=O)C(C(=O)C1(O)O2)C(c1ccccc1)C3C. The fourth-order valence-electron chi connectivity index (χ4n) is 6.36. The highest BCUT2D eigenvalue weighted by Gasteiger charge is 2.77. The van der Waals surface area contributed by atoms with Gasteiger partial charge in [0.15, 0.2) is 11.5 Å². The molecule has 0 aromatic heterocycles. The molecule has 0 spiro atoms. The average Bonchev–Trinajstić information content (AvgIpc) is 3.11. The number of Topliss-reactive ketones (excluding diaryl/α,β-unsaturated/α-hetero) is 2. The number of benzene rings is 2. The zero-order chi connectivity index (χ0) is 21.6. The molecule has 2 saturated carbocycles. The van der Waals surface area contributed by atoms with E-state index in [1.165, 1.54) is 13.2 Å². The van der Waals surface area contributed by atoms with Gasteiger partial charge in [-0.05, 0) is 25.3 Å². The highest BCUT2D eigenvalue weighted by atomic mass is 16.6. The summed E-state index contributed by atoms with van der Waals surface area (Å²) in [6.07, 6.45) is 0. The molecule has 1 heterocycles. The Morgan fingerprint density at radius 3 is 2.47 bits per heavy atom. The molecule has 5 rings (SSSR count). The summed E-state index contributed by atoms with van der Waals surface area (Å²) in [5.41, 5.74) is 0.524. The number of fused-ring (bicyclic) bond motifs is 6. The normalized spacial score (nSPS) is 36.3. The standard InChI is InChI=1S/C24H24O6/c1-11-16(13-8-6-5-7-9-13)17-21(26)19(11)23(3)18-12(2)20(25)15(29-4)10-14(18)30-24(23,28)22(17)27/h5-11,16-17,19,25,28H,1-4H3. The Balaban J connectivity index is 1.77. The number of ketones is 2. The molecule has 2 fully saturated rings. The quantitative estimate of drug-likeness (QED) is 0.743. The molecule has 0 amide bonds. The van der Waals surface area contributed by atoms with Crippen molar-refractivity contribution >= 4 is 11.6 Å². The summed E-state index contributed by atoms with van der Waals surface area (Å²) in [5.74, 6) is -4.72. The first kappa shape index (κ1) is 19.1. The van der Waals surface area contributed by atoms with Gasteiger partial charge in [-0.25, -0.2) is 0 Å². The Bertz CT molecular complexity index is 1090. The molecule has 6 atom stereocenters. The first-order valence-corrected chi connectivity index (χ1v) is 10.1. The number of carbonyl (C=O) groups is 2. The molecule has 2 aromatic rings. The number of hydrogen-bond acceptors (Lipinski definition) is 6. The second-order valence-corrected chi connectivity index (χ2v) is 8.89. The van der Waals surface area contributed by atoms with Gasteiger partial charge in [-0.1, -0.05) is 37.3 Å². The van der Waals surface area contributed by atoms with E-state index >= 15 is 0 Å². The number of hydrogen-bond donors (Lipinski definition) is 2. The number of aromatic hydroxyl groups is 1. The first-order chi connectivity index (χ1) is 14.2. The molecule has 2 bridgehead atoms. The molecule has 2 N–H and O–H groups in total. The number of ether oxygens (including phenoxy) is 2. The van der Waals surface area contributed by atoms with Crippen molar-refractivity contribution < 1.29 is 29.3 Å². The average molecular weight is 408 g/mol. The fourth-order valence-corrected chi connectivity index (χ4v) is 6.36. The summed E-state index contributed by atoms with van der Waals surface area (Å²) < 4.78 is 11.1. The van der Waals surface area contributed by atoms with Crippen LogP contribution >= 0.6 is 0 Å². The lowest BCUT2D eigenvalue weighted by molar-refractivity contribution is -0.204. The predicted octanol–water partition coefficient (Wildman–Crippen LogP) is 2.87. The Morgan fingerprint density at radius 1 is 1.17 bits per heavy atom. The van der Waals surface area contributed by atoms with Crippen LogP contribution in [0, 0.1) is 24.7 Å². The molecule has 156 valence electrons. The molecule has 0 radical (unpaired) electrons. The number of methoxy groups -OCH3 is 1. The number of carbonyl (C=O) groups excluding carboxylic acids is 2. The van der Waals surface area contributed by atoms with Gasteiger partial charge in [-0.15, -0.1) is 0 Å². The van der Waals surface area contributed by atoms with E-state index in [9.17, 15) is 19.8 Å². The van der Waals surface area contributed by atoms with Crippen molar-refractivity contribution in [3.63, 3.8) is 0 Å². The first-order valence-electron chi connectivity index (χ1n) is 10.1. The largest absolute Gasteiger partial charge is 0.504 e. The van der Waals surface area contributed by atoms with Crippen LogP contribution in [0.15, 0.2) is 36.4 Å². The van der Waals surface area contributed by atoms with Crippen LogP contribution in [-0.2, 0) is 15.0 Å². The maximum absolute atomic E-state index is 13.7. The molecule has 2 aromatic carbocycles. The van der Waals surface area contributed by atoms with Crippen LogP contribution in [-0.4, -0.2) is 34.7 Å². The summed E-state index contributed by atoms with van der Waals surface area (Å²) in [5, 5.41) is 22.3. The van der Waals surface area contributed by atoms with Crippen LogP contribution in [0.3, 0.4) is 0 Å². The molecular formula is C24H24O6. The summed E-state index contributed by atoms with van der Waals surface area (Å²) in [4.78, 5) is 27.2. The van der Waals surface area contributed by atoms with Gasteiger partial charge in [0.1, 0.15) is 11.5 Å². The smallest absolute Gasteiger partial charge is 0.279 e. The molecule has 30 heavy (non-hydrogen) atoms. The van der Waals surface area contributed by atoms with Gasteiger partial charge in [-0.2, -0.15) is 0 Å². The van der Waals surface area contributed by atoms with Crippen LogP contribution in [0.5, 0.6) is 17.2 Å². The molecule has 3 aliphatic rings. The Kier molecular flexibility index (Phi) is 3.73. The van der Waals surface area contributed by atoms with Crippen molar-refractivity contribution in [2.45, 2.75) is 37.9 Å². The molecule has 1 aliphatic heterocycles. The number of phenols is 1. The number of aliphatic hydroxyl groups is 1. The molecule has 2 aliphatic carbocycles. The summed E-state index contributed by atoms with van der Waals surface area (Å²) in [6, 6.07) is 11.0. The van der Waals surface area contributed by atoms with Gasteiger partial charge in [0, 0.05) is 29.0 Å². The highest BCUT2D eigenvalue weighted by Crippen LogP contribution is 2.66. The Hall–Kier alpha value is -2.86. The predicted molar refractivity (Wildman–Crippen MR) is 108 cm³/mol. The van der Waals surface area contributed by atoms with E-state index in [1.807, 2.05) is 37.3 Å². The minimum absolute atomic E-state index is 0.0856. The fraction of sp³-hybridized carbons (Fsp3) is 0.417. The molecule has 6 nitrogen and oxygen atoms in total. The van der Waals surface area contributed by atoms with Crippen molar-refractivity contribution in [3.05, 3.63) is 53.1 Å². The molecule has 0 saturated heterocycles. The number of phenolic OH excluding ortho intramolecular Hbond substituents is 1. The van der Waals surface area contributed by atoms with Crippen LogP contribution in [0.1, 0.15) is 36.5 Å². The lowest BCUT2D eigenvalue weighted by atomic mass is 9.58. The van der Waals surface area contributed by atoms with Crippen LogP contribution in [0.25, 0.3) is 0 Å². The van der Waals surface area contributed by atoms with E-state index in [1.54, 1.807) is 13.8 Å². The molecule has 6 unspecified atom stereocenters. The second kappa shape index (κ2) is 5.85. The summed E-state index contributed by atoms with van der Waals surface area (Å²) in [7, 11) is 1.42. The van der Waals surface area contributed by atoms with Crippen molar-refractivity contribution in [2.75, 3.05) is 7.11 Å². The van der Waals surface area contributed by atoms with Gasteiger partial charge in [-0.3, -0.25) is 9.59 Å². The van der Waals surface area contributed by atoms with E-state index in [2.05, 4.69) is 0 Å². The third-order valence-electron chi connectivity index (χ3n) is 7.66. The van der Waals surface area contributed by atoms with Crippen LogP contribution < -0.4 is 9.47 Å². The van der Waals surface area contributed by atoms with Gasteiger partial charge in [0.05, 0.1) is 18.4 Å². The van der Waals surface area contributed by atoms with Crippen molar-refractivity contribution in [2.24, 2.45) is 17.8 Å². The third-order valence-corrected chi connectivity index (χ3v) is 7.66. The lowest BCUT2D eigenvalue weighted by Crippen LogP contribution is -2.66. The highest BCUT2D eigenvalue weighted by molar-refractivity contribution is 6.14. The number of rotatable bonds is 2. The van der Waals surface area contributed by atoms with Crippen LogP contribution in [0.2, 0.25) is 0 Å². The topological polar surface area (TPSA) is 93.1 Å². The van der Waals surface area contributed by atoms with E-state index < -0.39 is 28.8 Å². The lowest BCUT2D eigenvalue weighted by Gasteiger charge is -2.44. The van der Waals surface area contributed by atoms with Crippen molar-refractivity contribution in [3.8, 4) is 17.2 Å². The monoisotopic (exact) mass is 408 g/mol. The summed E-state index contributed by atoms with van der Waals surface area (Å²) in [6.45, 7) is 5.35. The zero-order valence-electron chi connectivity index (χ0n) is 17.3. The van der Waals surface area contributed by atoms with E-state index in [4.69, 9.17) is 9.47 Å². The van der Waals surface area contributed by atoms with Gasteiger partial charge in [0.25, 0.3) is 5.79 Å². The summed E-state index contributed by atoms with van der Waals surface area (Å²) >= 11 is 0. The van der Waals surface area contributed by atoms with Gasteiger partial charge < -0.3 is 19.7 Å². The van der Waals surface area contributed by atoms with Gasteiger partial charge >= 0.3 is 0 Å².